The van der Waals surface area contributed by atoms with Crippen LogP contribution in [0.15, 0.2) is 100 Å². The number of hydrogen-bond donors (Lipinski definition) is 3. The SMILES string of the molecule is N=NC1(Cc2ccc(OCc3ccccc3)cc2)CCC2(CC1)C(=O)C(=NN)C(=NN)C2c1ccccc1. The van der Waals surface area contributed by atoms with Crippen LogP contribution in [0.5, 0.6) is 5.75 Å². The van der Waals surface area contributed by atoms with Gasteiger partial charge in [-0.05, 0) is 60.9 Å². The van der Waals surface area contributed by atoms with Gasteiger partial charge in [0, 0.05) is 11.3 Å². The Morgan fingerprint density at radius 1 is 0.816 bits per heavy atom. The number of ketones is 1. The number of benzene rings is 3. The maximum atomic E-state index is 13.7. The van der Waals surface area contributed by atoms with Gasteiger partial charge in [0.1, 0.15) is 12.4 Å². The van der Waals surface area contributed by atoms with E-state index in [4.69, 9.17) is 22.0 Å². The largest absolute Gasteiger partial charge is 0.489 e. The standard InChI is InChI=1S/C30H32N6O2/c31-34-26-25(23-9-5-2-6-10-23)30(28(37)27(26)35-32)17-15-29(36-33,16-18-30)19-21-11-13-24(14-12-21)38-20-22-7-3-1-4-8-22/h1-14,25,33H,15-20,31-32H2. The first-order valence-electron chi connectivity index (χ1n) is 12.8. The van der Waals surface area contributed by atoms with Gasteiger partial charge in [-0.1, -0.05) is 72.8 Å². The Bertz CT molecular complexity index is 1340. The number of ether oxygens (including phenoxy) is 1. The predicted octanol–water partition coefficient (Wildman–Crippen LogP) is 5.13. The molecule has 194 valence electrons. The summed E-state index contributed by atoms with van der Waals surface area (Å²) in [7, 11) is 0. The Hall–Kier alpha value is -4.33. The lowest BCUT2D eigenvalue weighted by molar-refractivity contribution is -0.123. The lowest BCUT2D eigenvalue weighted by Gasteiger charge is -2.43. The summed E-state index contributed by atoms with van der Waals surface area (Å²) in [5, 5.41) is 11.9. The molecule has 0 saturated heterocycles. The molecule has 1 spiro atoms. The number of nitrogens with two attached hydrogens (primary N) is 2. The number of hydrogen-bond acceptors (Lipinski definition) is 8. The lowest BCUT2D eigenvalue weighted by atomic mass is 9.60. The summed E-state index contributed by atoms with van der Waals surface area (Å²) in [4.78, 5) is 13.7. The summed E-state index contributed by atoms with van der Waals surface area (Å²) in [6.07, 6.45) is 2.89. The zero-order valence-corrected chi connectivity index (χ0v) is 21.2. The van der Waals surface area contributed by atoms with E-state index in [0.29, 0.717) is 44.4 Å². The van der Waals surface area contributed by atoms with Crippen LogP contribution in [-0.4, -0.2) is 22.7 Å². The average molecular weight is 509 g/mol. The van der Waals surface area contributed by atoms with Crippen molar-refractivity contribution >= 4 is 17.2 Å². The van der Waals surface area contributed by atoms with Crippen LogP contribution < -0.4 is 16.4 Å². The van der Waals surface area contributed by atoms with Crippen LogP contribution >= 0.6 is 0 Å². The van der Waals surface area contributed by atoms with Gasteiger partial charge in [-0.3, -0.25) is 4.79 Å². The van der Waals surface area contributed by atoms with E-state index in [0.717, 1.165) is 22.4 Å². The third-order valence-electron chi connectivity index (χ3n) is 8.15. The smallest absolute Gasteiger partial charge is 0.192 e. The molecule has 2 fully saturated rings. The minimum atomic E-state index is -0.749. The fourth-order valence-electron chi connectivity index (χ4n) is 6.09. The summed E-state index contributed by atoms with van der Waals surface area (Å²) < 4.78 is 5.92. The molecule has 3 aromatic rings. The minimum Gasteiger partial charge on any atom is -0.489 e. The van der Waals surface area contributed by atoms with Crippen molar-refractivity contribution in [3.05, 3.63) is 102 Å². The van der Waals surface area contributed by atoms with Crippen molar-refractivity contribution in [2.75, 3.05) is 0 Å². The zero-order chi connectivity index (χ0) is 26.6. The first kappa shape index (κ1) is 25.3. The first-order chi connectivity index (χ1) is 18.5. The van der Waals surface area contributed by atoms with Crippen LogP contribution in [0.2, 0.25) is 0 Å². The molecule has 0 radical (unpaired) electrons. The summed E-state index contributed by atoms with van der Waals surface area (Å²) in [6, 6.07) is 27.8. The van der Waals surface area contributed by atoms with Gasteiger partial charge in [0.2, 0.25) is 0 Å². The second kappa shape index (κ2) is 10.6. The van der Waals surface area contributed by atoms with Crippen LogP contribution in [-0.2, 0) is 17.8 Å². The van der Waals surface area contributed by atoms with Gasteiger partial charge in [0.05, 0.1) is 11.3 Å². The first-order valence-corrected chi connectivity index (χ1v) is 12.8. The maximum absolute atomic E-state index is 13.7. The quantitative estimate of drug-likeness (QED) is 0.231. The number of hydrazone groups is 2. The number of nitrogens with one attached hydrogen (secondary N) is 1. The third kappa shape index (κ3) is 4.58. The molecule has 1 atom stereocenters. The molecule has 5 rings (SSSR count). The van der Waals surface area contributed by atoms with E-state index in [1.807, 2.05) is 84.9 Å². The third-order valence-corrected chi connectivity index (χ3v) is 8.15. The molecule has 1 unspecified atom stereocenters. The Morgan fingerprint density at radius 3 is 2.03 bits per heavy atom. The van der Waals surface area contributed by atoms with Crippen molar-refractivity contribution in [1.82, 2.24) is 0 Å². The highest BCUT2D eigenvalue weighted by Gasteiger charge is 2.60. The van der Waals surface area contributed by atoms with Crippen LogP contribution in [0.25, 0.3) is 0 Å². The molecule has 5 N–H and O–H groups in total. The number of carbonyl (C=O) groups excluding carboxylic acids is 1. The van der Waals surface area contributed by atoms with Gasteiger partial charge in [-0.15, -0.1) is 0 Å². The van der Waals surface area contributed by atoms with Gasteiger partial charge in [-0.25, -0.2) is 5.53 Å². The normalized spacial score (nSPS) is 27.2. The number of carbonyl (C=O) groups is 1. The minimum absolute atomic E-state index is 0.114. The molecule has 0 amide bonds. The van der Waals surface area contributed by atoms with E-state index in [2.05, 4.69) is 15.3 Å². The summed E-state index contributed by atoms with van der Waals surface area (Å²) >= 11 is 0. The van der Waals surface area contributed by atoms with Crippen molar-refractivity contribution in [2.45, 2.75) is 50.2 Å². The monoisotopic (exact) mass is 508 g/mol. The molecular formula is C30H32N6O2. The Kier molecular flexibility index (Phi) is 7.05. The molecule has 2 aliphatic rings. The summed E-state index contributed by atoms with van der Waals surface area (Å²) in [5.41, 5.74) is 10.5. The highest BCUT2D eigenvalue weighted by Crippen LogP contribution is 2.56. The van der Waals surface area contributed by atoms with Gasteiger partial charge in [0.15, 0.2) is 11.5 Å². The van der Waals surface area contributed by atoms with E-state index < -0.39 is 11.0 Å². The van der Waals surface area contributed by atoms with Crippen LogP contribution in [0.4, 0.5) is 0 Å². The molecule has 8 nitrogen and oxygen atoms in total. The fourth-order valence-corrected chi connectivity index (χ4v) is 6.09. The molecule has 2 aliphatic carbocycles. The number of Topliss-reactive ketones (excluding diaryl/α,β-unsaturated/α-hetero) is 1. The van der Waals surface area contributed by atoms with Crippen molar-refractivity contribution in [2.24, 2.45) is 32.4 Å². The molecule has 38 heavy (non-hydrogen) atoms. The van der Waals surface area contributed by atoms with Crippen molar-refractivity contribution in [1.29, 1.82) is 5.53 Å². The fraction of sp³-hybridized carbons (Fsp3) is 0.300. The van der Waals surface area contributed by atoms with E-state index in [1.165, 1.54) is 0 Å². The van der Waals surface area contributed by atoms with E-state index in [1.54, 1.807) is 0 Å². The summed E-state index contributed by atoms with van der Waals surface area (Å²) in [6.45, 7) is 0.507. The molecule has 0 aromatic heterocycles. The van der Waals surface area contributed by atoms with Crippen molar-refractivity contribution in [3.63, 3.8) is 0 Å². The zero-order valence-electron chi connectivity index (χ0n) is 21.2. The van der Waals surface area contributed by atoms with E-state index in [-0.39, 0.29) is 17.4 Å². The van der Waals surface area contributed by atoms with Crippen LogP contribution in [0.3, 0.4) is 0 Å². The Morgan fingerprint density at radius 2 is 1.45 bits per heavy atom. The topological polar surface area (TPSA) is 139 Å². The molecule has 0 aliphatic heterocycles. The van der Waals surface area contributed by atoms with Gasteiger partial charge in [-0.2, -0.15) is 15.3 Å². The Balaban J connectivity index is 1.33. The molecule has 0 heterocycles. The summed E-state index contributed by atoms with van der Waals surface area (Å²) in [5.74, 6) is 11.8. The highest BCUT2D eigenvalue weighted by molar-refractivity contribution is 6.73. The predicted molar refractivity (Wildman–Crippen MR) is 147 cm³/mol. The lowest BCUT2D eigenvalue weighted by Crippen LogP contribution is -2.44. The van der Waals surface area contributed by atoms with Crippen molar-refractivity contribution in [3.8, 4) is 5.75 Å². The van der Waals surface area contributed by atoms with E-state index >= 15 is 0 Å². The average Bonchev–Trinajstić information content (AvgIpc) is 3.21. The van der Waals surface area contributed by atoms with Gasteiger partial charge in [0.25, 0.3) is 0 Å². The Labute approximate surface area is 222 Å². The van der Waals surface area contributed by atoms with E-state index in [9.17, 15) is 4.79 Å². The maximum Gasteiger partial charge on any atom is 0.192 e. The van der Waals surface area contributed by atoms with Gasteiger partial charge < -0.3 is 16.4 Å². The highest BCUT2D eigenvalue weighted by atomic mass is 16.5. The molecule has 0 bridgehead atoms. The van der Waals surface area contributed by atoms with Crippen LogP contribution in [0, 0.1) is 10.9 Å². The molecule has 8 heteroatoms. The molecule has 2 saturated carbocycles. The van der Waals surface area contributed by atoms with Crippen molar-refractivity contribution < 1.29 is 9.53 Å². The number of nitrogens with zero attached hydrogens (tertiary/aromatic N) is 3. The second-order valence-electron chi connectivity index (χ2n) is 10.3. The molecular weight excluding hydrogens is 476 g/mol. The second-order valence-corrected chi connectivity index (χ2v) is 10.3. The van der Waals surface area contributed by atoms with Crippen LogP contribution in [0.1, 0.15) is 48.3 Å². The van der Waals surface area contributed by atoms with Gasteiger partial charge >= 0.3 is 0 Å². The molecule has 3 aromatic carbocycles. The number of rotatable bonds is 7.